The molecule has 1 unspecified atom stereocenters. The van der Waals surface area contributed by atoms with Crippen LogP contribution in [-0.4, -0.2) is 9.52 Å². The summed E-state index contributed by atoms with van der Waals surface area (Å²) in [5, 5.41) is 3.48. The van der Waals surface area contributed by atoms with Crippen LogP contribution >= 0.6 is 0 Å². The van der Waals surface area contributed by atoms with Crippen LogP contribution in [0.5, 0.6) is 0 Å². The number of allylic oxidation sites excluding steroid dienone is 4. The summed E-state index contributed by atoms with van der Waals surface area (Å²) < 4.78 is 0. The van der Waals surface area contributed by atoms with E-state index in [2.05, 4.69) is 51.1 Å². The van der Waals surface area contributed by atoms with Gasteiger partial charge in [-0.2, -0.15) is 0 Å². The Morgan fingerprint density at radius 3 is 2.45 bits per heavy atom. The van der Waals surface area contributed by atoms with Gasteiger partial charge >= 0.3 is 0 Å². The molecule has 0 aromatic heterocycles. The number of hydrogen-bond donors (Lipinski definition) is 0. The maximum absolute atomic E-state index is 2.46. The third kappa shape index (κ3) is 3.46. The van der Waals surface area contributed by atoms with Crippen LogP contribution in [-0.2, 0) is 6.42 Å². The summed E-state index contributed by atoms with van der Waals surface area (Å²) in [5.74, 6) is 1.62. The average Bonchev–Trinajstić information content (AvgIpc) is 2.76. The van der Waals surface area contributed by atoms with E-state index in [1.165, 1.54) is 44.1 Å². The van der Waals surface area contributed by atoms with Crippen LogP contribution < -0.4 is 5.19 Å². The van der Waals surface area contributed by atoms with E-state index in [1.54, 1.807) is 21.5 Å². The number of hydrogen-bond acceptors (Lipinski definition) is 0. The van der Waals surface area contributed by atoms with Crippen LogP contribution in [0, 0.1) is 11.8 Å². The van der Waals surface area contributed by atoms with E-state index in [9.17, 15) is 0 Å². The second-order valence-electron chi connectivity index (χ2n) is 7.44. The first-order valence-electron chi connectivity index (χ1n) is 9.10. The van der Waals surface area contributed by atoms with Crippen molar-refractivity contribution in [2.75, 3.05) is 0 Å². The number of rotatable bonds is 4. The Kier molecular flexibility index (Phi) is 5.02. The van der Waals surface area contributed by atoms with Crippen molar-refractivity contribution in [3.63, 3.8) is 0 Å². The van der Waals surface area contributed by atoms with Gasteiger partial charge in [0.1, 0.15) is 0 Å². The summed E-state index contributed by atoms with van der Waals surface area (Å²) in [5.41, 5.74) is 4.77. The Morgan fingerprint density at radius 1 is 1.05 bits per heavy atom. The van der Waals surface area contributed by atoms with Crippen LogP contribution in [0.2, 0.25) is 0 Å². The highest BCUT2D eigenvalue weighted by Crippen LogP contribution is 2.30. The van der Waals surface area contributed by atoms with Gasteiger partial charge in [-0.05, 0) is 37.7 Å². The molecule has 0 N–H and O–H groups in total. The predicted octanol–water partition coefficient (Wildman–Crippen LogP) is 4.47. The normalized spacial score (nSPS) is 23.6. The first-order valence-corrected chi connectivity index (χ1v) is 10.5. The summed E-state index contributed by atoms with van der Waals surface area (Å²) in [4.78, 5) is 0. The molecule has 0 aliphatic heterocycles. The van der Waals surface area contributed by atoms with Crippen molar-refractivity contribution >= 4 is 14.7 Å². The lowest BCUT2D eigenvalue weighted by Gasteiger charge is -2.23. The molecule has 2 aliphatic rings. The van der Waals surface area contributed by atoms with Gasteiger partial charge < -0.3 is 0 Å². The molecule has 118 valence electrons. The van der Waals surface area contributed by atoms with Gasteiger partial charge in [-0.1, -0.05) is 90.9 Å². The first-order chi connectivity index (χ1) is 10.6. The van der Waals surface area contributed by atoms with Gasteiger partial charge in [0.2, 0.25) is 0 Å². The fourth-order valence-corrected chi connectivity index (χ4v) is 6.46. The molecule has 1 saturated carbocycles. The molecule has 0 heterocycles. The lowest BCUT2D eigenvalue weighted by atomic mass is 9.85. The molecule has 3 rings (SSSR count). The molecule has 22 heavy (non-hydrogen) atoms. The highest BCUT2D eigenvalue weighted by atomic mass is 28.2. The van der Waals surface area contributed by atoms with Crippen molar-refractivity contribution in [1.29, 1.82) is 0 Å². The summed E-state index contributed by atoms with van der Waals surface area (Å²) in [6.07, 6.45) is 11.1. The zero-order valence-electron chi connectivity index (χ0n) is 14.5. The Labute approximate surface area is 138 Å². The summed E-state index contributed by atoms with van der Waals surface area (Å²) in [6, 6.07) is 9.33. The zero-order chi connectivity index (χ0) is 15.5. The monoisotopic (exact) mass is 310 g/mol. The molecule has 0 radical (unpaired) electrons. The van der Waals surface area contributed by atoms with Crippen LogP contribution in [0.25, 0.3) is 0 Å². The van der Waals surface area contributed by atoms with E-state index < -0.39 is 0 Å². The van der Waals surface area contributed by atoms with Gasteiger partial charge in [0, 0.05) is 0 Å². The first kappa shape index (κ1) is 15.8. The molecule has 0 saturated heterocycles. The molecule has 1 aromatic carbocycles. The maximum atomic E-state index is 2.46. The minimum Gasteiger partial charge on any atom is -0.0748 e. The topological polar surface area (TPSA) is 0 Å². The number of benzene rings is 1. The summed E-state index contributed by atoms with van der Waals surface area (Å²) in [7, 11) is -0.310. The molecule has 1 heteroatoms. The fraction of sp³-hybridized carbons (Fsp3) is 0.524. The highest BCUT2D eigenvalue weighted by Gasteiger charge is 2.20. The Hall–Kier alpha value is -1.08. The quantitative estimate of drug-likeness (QED) is 0.720. The Balaban J connectivity index is 1.77. The van der Waals surface area contributed by atoms with Crippen molar-refractivity contribution in [2.24, 2.45) is 11.8 Å². The van der Waals surface area contributed by atoms with Crippen LogP contribution in [0.4, 0.5) is 0 Å². The molecule has 0 amide bonds. The van der Waals surface area contributed by atoms with E-state index >= 15 is 0 Å². The zero-order valence-corrected chi connectivity index (χ0v) is 15.9. The van der Waals surface area contributed by atoms with Crippen LogP contribution in [0.3, 0.4) is 0 Å². The minimum absolute atomic E-state index is 0.310. The Bertz CT molecular complexity index is 588. The molecule has 0 bridgehead atoms. The lowest BCUT2D eigenvalue weighted by Crippen LogP contribution is -2.25. The third-order valence-electron chi connectivity index (χ3n) is 5.86. The second-order valence-corrected chi connectivity index (χ2v) is 9.32. The van der Waals surface area contributed by atoms with E-state index in [0.717, 1.165) is 5.92 Å². The van der Waals surface area contributed by atoms with Crippen molar-refractivity contribution in [3.8, 4) is 0 Å². The fourth-order valence-electron chi connectivity index (χ4n) is 4.33. The SMILES string of the molecule is CC1=CC(C)C([SiH2]c2ccccc2CC2CCCCC2)=C1C. The average molecular weight is 311 g/mol. The molecule has 1 aromatic rings. The standard InChI is InChI=1S/C21H30Si/c1-15-13-16(2)21(17(15)3)22-20-12-8-7-11-19(20)14-18-9-5-4-6-10-18/h7-8,11-13,16,18H,4-6,9-10,14,22H2,1-3H3. The van der Waals surface area contributed by atoms with Crippen molar-refractivity contribution < 1.29 is 0 Å². The van der Waals surface area contributed by atoms with E-state index in [-0.39, 0.29) is 9.52 Å². The Morgan fingerprint density at radius 2 is 1.77 bits per heavy atom. The van der Waals surface area contributed by atoms with Gasteiger partial charge in [-0.3, -0.25) is 0 Å². The molecular formula is C21H30Si. The van der Waals surface area contributed by atoms with Crippen molar-refractivity contribution in [3.05, 3.63) is 52.2 Å². The second kappa shape index (κ2) is 7.00. The van der Waals surface area contributed by atoms with Crippen LogP contribution in [0.15, 0.2) is 46.7 Å². The van der Waals surface area contributed by atoms with Crippen LogP contribution in [0.1, 0.15) is 58.4 Å². The van der Waals surface area contributed by atoms with E-state index in [1.807, 2.05) is 0 Å². The molecule has 0 spiro atoms. The maximum Gasteiger partial charge on any atom is 0.0839 e. The van der Waals surface area contributed by atoms with Gasteiger partial charge in [0.25, 0.3) is 0 Å². The van der Waals surface area contributed by atoms with E-state index in [0.29, 0.717) is 5.92 Å². The van der Waals surface area contributed by atoms with Gasteiger partial charge in [-0.15, -0.1) is 0 Å². The largest absolute Gasteiger partial charge is 0.0839 e. The van der Waals surface area contributed by atoms with Crippen molar-refractivity contribution in [2.45, 2.75) is 59.3 Å². The molecule has 2 aliphatic carbocycles. The van der Waals surface area contributed by atoms with Crippen molar-refractivity contribution in [1.82, 2.24) is 0 Å². The molecule has 0 nitrogen and oxygen atoms in total. The smallest absolute Gasteiger partial charge is 0.0748 e. The molecule has 1 atom stereocenters. The van der Waals surface area contributed by atoms with Gasteiger partial charge in [-0.25, -0.2) is 0 Å². The van der Waals surface area contributed by atoms with E-state index in [4.69, 9.17) is 0 Å². The van der Waals surface area contributed by atoms with Gasteiger partial charge in [0.05, 0.1) is 9.52 Å². The lowest BCUT2D eigenvalue weighted by molar-refractivity contribution is 0.357. The summed E-state index contributed by atoms with van der Waals surface area (Å²) in [6.45, 7) is 6.99. The van der Waals surface area contributed by atoms with Gasteiger partial charge in [0.15, 0.2) is 0 Å². The predicted molar refractivity (Wildman–Crippen MR) is 101 cm³/mol. The molecular weight excluding hydrogens is 280 g/mol. The highest BCUT2D eigenvalue weighted by molar-refractivity contribution is 6.62. The molecule has 1 fully saturated rings. The summed E-state index contributed by atoms with van der Waals surface area (Å²) >= 11 is 0. The minimum atomic E-state index is -0.310. The third-order valence-corrected chi connectivity index (χ3v) is 8.48.